The molecule has 0 saturated heterocycles. The second-order valence-electron chi connectivity index (χ2n) is 8.01. The van der Waals surface area contributed by atoms with Crippen LogP contribution in [-0.4, -0.2) is 30.6 Å². The Hall–Kier alpha value is -4.98. The van der Waals surface area contributed by atoms with E-state index < -0.39 is 17.8 Å². The van der Waals surface area contributed by atoms with E-state index in [1.165, 1.54) is 6.21 Å². The third kappa shape index (κ3) is 6.18. The summed E-state index contributed by atoms with van der Waals surface area (Å²) in [6, 6.07) is 24.7. The summed E-state index contributed by atoms with van der Waals surface area (Å²) in [5.74, 6) is -1.45. The summed E-state index contributed by atoms with van der Waals surface area (Å²) in [5, 5.41) is 8.14. The summed E-state index contributed by atoms with van der Waals surface area (Å²) >= 11 is 0. The lowest BCUT2D eigenvalue weighted by Crippen LogP contribution is -2.32. The molecule has 0 spiro atoms. The lowest BCUT2D eigenvalue weighted by Gasteiger charge is -2.11. The van der Waals surface area contributed by atoms with Crippen molar-refractivity contribution in [2.75, 3.05) is 11.9 Å². The van der Waals surface area contributed by atoms with Gasteiger partial charge in [0.1, 0.15) is 11.5 Å². The van der Waals surface area contributed by atoms with Crippen molar-refractivity contribution in [2.24, 2.45) is 5.10 Å². The third-order valence-electron chi connectivity index (χ3n) is 5.49. The maximum Gasteiger partial charge on any atom is 0.343 e. The number of ether oxygens (including phenoxy) is 2. The minimum absolute atomic E-state index is 0.250. The number of fused-ring (bicyclic) bond motifs is 1. The highest BCUT2D eigenvalue weighted by molar-refractivity contribution is 6.39. The van der Waals surface area contributed by atoms with E-state index in [0.717, 1.165) is 16.3 Å². The lowest BCUT2D eigenvalue weighted by molar-refractivity contribution is -0.136. The van der Waals surface area contributed by atoms with Crippen molar-refractivity contribution in [3.05, 3.63) is 102 Å². The SMILES string of the molecule is CCOc1ccc(C(=O)Oc2ccc3ccccc3c2/C=N\NC(=O)C(=O)Nc2ccccc2C)cc1. The van der Waals surface area contributed by atoms with Gasteiger partial charge in [-0.15, -0.1) is 0 Å². The molecule has 8 nitrogen and oxygen atoms in total. The summed E-state index contributed by atoms with van der Waals surface area (Å²) < 4.78 is 11.1. The molecule has 0 bridgehead atoms. The molecule has 0 aliphatic rings. The highest BCUT2D eigenvalue weighted by Gasteiger charge is 2.16. The standard InChI is InChI=1S/C29H25N3O5/c1-3-36-22-15-12-21(13-16-22)29(35)37-26-17-14-20-9-5-6-10-23(20)24(26)18-30-32-28(34)27(33)31-25-11-7-4-8-19(25)2/h4-18H,3H2,1-2H3,(H,31,33)(H,32,34)/b30-18-. The molecule has 2 amide bonds. The van der Waals surface area contributed by atoms with Gasteiger partial charge in [-0.2, -0.15) is 5.10 Å². The number of hydrazone groups is 1. The first-order valence-electron chi connectivity index (χ1n) is 11.6. The molecule has 2 N–H and O–H groups in total. The lowest BCUT2D eigenvalue weighted by atomic mass is 10.0. The van der Waals surface area contributed by atoms with Crippen LogP contribution in [0.1, 0.15) is 28.4 Å². The molecule has 0 aliphatic heterocycles. The number of carbonyl (C=O) groups is 3. The van der Waals surface area contributed by atoms with Crippen LogP contribution in [-0.2, 0) is 9.59 Å². The second kappa shape index (κ2) is 11.6. The van der Waals surface area contributed by atoms with Crippen LogP contribution in [0.3, 0.4) is 0 Å². The molecule has 0 unspecified atom stereocenters. The van der Waals surface area contributed by atoms with Crippen LogP contribution in [0.4, 0.5) is 5.69 Å². The zero-order valence-electron chi connectivity index (χ0n) is 20.4. The minimum atomic E-state index is -0.937. The topological polar surface area (TPSA) is 106 Å². The van der Waals surface area contributed by atoms with Gasteiger partial charge in [0.05, 0.1) is 18.4 Å². The average Bonchev–Trinajstić information content (AvgIpc) is 2.91. The van der Waals surface area contributed by atoms with Crippen molar-refractivity contribution in [3.8, 4) is 11.5 Å². The zero-order valence-corrected chi connectivity index (χ0v) is 20.4. The van der Waals surface area contributed by atoms with Crippen molar-refractivity contribution in [2.45, 2.75) is 13.8 Å². The molecule has 0 atom stereocenters. The molecule has 186 valence electrons. The predicted molar refractivity (Wildman–Crippen MR) is 142 cm³/mol. The first kappa shape index (κ1) is 25.1. The van der Waals surface area contributed by atoms with Crippen LogP contribution < -0.4 is 20.2 Å². The largest absolute Gasteiger partial charge is 0.494 e. The van der Waals surface area contributed by atoms with Crippen molar-refractivity contribution < 1.29 is 23.9 Å². The summed E-state index contributed by atoms with van der Waals surface area (Å²) in [4.78, 5) is 37.4. The Morgan fingerprint density at radius 1 is 0.865 bits per heavy atom. The van der Waals surface area contributed by atoms with E-state index >= 15 is 0 Å². The van der Waals surface area contributed by atoms with Gasteiger partial charge in [0.25, 0.3) is 0 Å². The summed E-state index contributed by atoms with van der Waals surface area (Å²) in [5.41, 5.74) is 4.40. The number of hydrogen-bond acceptors (Lipinski definition) is 6. The van der Waals surface area contributed by atoms with E-state index in [2.05, 4.69) is 15.8 Å². The molecular formula is C29H25N3O5. The zero-order chi connectivity index (χ0) is 26.2. The smallest absolute Gasteiger partial charge is 0.343 e. The van der Waals surface area contributed by atoms with Gasteiger partial charge in [-0.3, -0.25) is 9.59 Å². The maximum atomic E-state index is 12.8. The molecule has 0 aromatic heterocycles. The minimum Gasteiger partial charge on any atom is -0.494 e. The fourth-order valence-corrected chi connectivity index (χ4v) is 3.61. The Balaban J connectivity index is 1.53. The van der Waals surface area contributed by atoms with E-state index in [-0.39, 0.29) is 5.75 Å². The highest BCUT2D eigenvalue weighted by Crippen LogP contribution is 2.27. The number of hydrogen-bond donors (Lipinski definition) is 2. The van der Waals surface area contributed by atoms with Crippen molar-refractivity contribution in [3.63, 3.8) is 0 Å². The van der Waals surface area contributed by atoms with Gasteiger partial charge in [0, 0.05) is 11.3 Å². The third-order valence-corrected chi connectivity index (χ3v) is 5.49. The molecule has 0 radical (unpaired) electrons. The van der Waals surface area contributed by atoms with Crippen LogP contribution in [0.25, 0.3) is 10.8 Å². The number of esters is 1. The molecule has 0 saturated carbocycles. The number of amides is 2. The van der Waals surface area contributed by atoms with Crippen molar-refractivity contribution in [1.29, 1.82) is 0 Å². The Bertz CT molecular complexity index is 1480. The Kier molecular flexibility index (Phi) is 7.90. The summed E-state index contributed by atoms with van der Waals surface area (Å²) in [7, 11) is 0. The molecule has 37 heavy (non-hydrogen) atoms. The molecule has 0 fully saturated rings. The fraction of sp³-hybridized carbons (Fsp3) is 0.103. The highest BCUT2D eigenvalue weighted by atomic mass is 16.5. The summed E-state index contributed by atoms with van der Waals surface area (Å²) in [6.07, 6.45) is 1.35. The van der Waals surface area contributed by atoms with Crippen molar-refractivity contribution in [1.82, 2.24) is 5.43 Å². The van der Waals surface area contributed by atoms with E-state index in [4.69, 9.17) is 9.47 Å². The quantitative estimate of drug-likeness (QED) is 0.125. The molecule has 4 aromatic carbocycles. The first-order chi connectivity index (χ1) is 18.0. The van der Waals surface area contributed by atoms with Gasteiger partial charge in [-0.05, 0) is 66.6 Å². The van der Waals surface area contributed by atoms with Crippen LogP contribution in [0.2, 0.25) is 0 Å². The molecule has 0 heterocycles. The molecule has 8 heteroatoms. The monoisotopic (exact) mass is 495 g/mol. The van der Waals surface area contributed by atoms with Crippen LogP contribution in [0.15, 0.2) is 90.0 Å². The van der Waals surface area contributed by atoms with E-state index in [1.54, 1.807) is 42.5 Å². The molecule has 0 aliphatic carbocycles. The van der Waals surface area contributed by atoms with Gasteiger partial charge in [0.15, 0.2) is 0 Å². The predicted octanol–water partition coefficient (Wildman–Crippen LogP) is 4.85. The van der Waals surface area contributed by atoms with E-state index in [9.17, 15) is 14.4 Å². The number of anilines is 1. The average molecular weight is 496 g/mol. The van der Waals surface area contributed by atoms with Gasteiger partial charge >= 0.3 is 17.8 Å². The number of para-hydroxylation sites is 1. The van der Waals surface area contributed by atoms with Crippen LogP contribution in [0, 0.1) is 6.92 Å². The maximum absolute atomic E-state index is 12.8. The number of carbonyl (C=O) groups excluding carboxylic acids is 3. The van der Waals surface area contributed by atoms with E-state index in [0.29, 0.717) is 29.2 Å². The Morgan fingerprint density at radius 3 is 2.35 bits per heavy atom. The van der Waals surface area contributed by atoms with Gasteiger partial charge in [-0.25, -0.2) is 10.2 Å². The Morgan fingerprint density at radius 2 is 1.59 bits per heavy atom. The van der Waals surface area contributed by atoms with Crippen molar-refractivity contribution >= 4 is 40.5 Å². The molecular weight excluding hydrogens is 470 g/mol. The van der Waals surface area contributed by atoms with Gasteiger partial charge < -0.3 is 14.8 Å². The number of benzene rings is 4. The molecule has 4 rings (SSSR count). The number of aryl methyl sites for hydroxylation is 1. The number of rotatable bonds is 7. The first-order valence-corrected chi connectivity index (χ1v) is 11.6. The number of nitrogens with one attached hydrogen (secondary N) is 2. The second-order valence-corrected chi connectivity index (χ2v) is 8.01. The molecule has 4 aromatic rings. The number of nitrogens with zero attached hydrogens (tertiary/aromatic N) is 1. The van der Waals surface area contributed by atoms with Gasteiger partial charge in [-0.1, -0.05) is 48.5 Å². The Labute approximate surface area is 213 Å². The summed E-state index contributed by atoms with van der Waals surface area (Å²) in [6.45, 7) is 4.22. The fourth-order valence-electron chi connectivity index (χ4n) is 3.61. The van der Waals surface area contributed by atoms with E-state index in [1.807, 2.05) is 56.3 Å². The van der Waals surface area contributed by atoms with Crippen LogP contribution >= 0.6 is 0 Å². The normalized spacial score (nSPS) is 10.8. The van der Waals surface area contributed by atoms with Gasteiger partial charge in [0.2, 0.25) is 0 Å². The van der Waals surface area contributed by atoms with Crippen LogP contribution in [0.5, 0.6) is 11.5 Å².